The van der Waals surface area contributed by atoms with Crippen LogP contribution in [0.5, 0.6) is 5.75 Å². The van der Waals surface area contributed by atoms with Crippen LogP contribution in [0.2, 0.25) is 0 Å². The number of benzene rings is 1. The van der Waals surface area contributed by atoms with E-state index in [2.05, 4.69) is 18.9 Å². The Morgan fingerprint density at radius 2 is 1.94 bits per heavy atom. The molecule has 1 aromatic rings. The van der Waals surface area contributed by atoms with Gasteiger partial charge < -0.3 is 10.5 Å². The smallest absolute Gasteiger partial charge is 0.119 e. The number of hydrogen-bond donors (Lipinski definition) is 1. The molecule has 0 saturated carbocycles. The molecule has 1 rings (SSSR count). The van der Waals surface area contributed by atoms with E-state index in [1.165, 1.54) is 0 Å². The molecule has 3 nitrogen and oxygen atoms in total. The number of para-hydroxylation sites is 1. The molecule has 0 aromatic heterocycles. The molecule has 1 atom stereocenters. The fourth-order valence-corrected chi connectivity index (χ4v) is 1.22. The summed E-state index contributed by atoms with van der Waals surface area (Å²) in [6.45, 7) is 4.39. The summed E-state index contributed by atoms with van der Waals surface area (Å²) >= 11 is 0. The third-order valence-corrected chi connectivity index (χ3v) is 2.55. The highest BCUT2D eigenvalue weighted by Crippen LogP contribution is 2.07. The van der Waals surface area contributed by atoms with Crippen molar-refractivity contribution in [2.75, 3.05) is 26.7 Å². The Morgan fingerprint density at radius 3 is 2.50 bits per heavy atom. The van der Waals surface area contributed by atoms with Crippen molar-refractivity contribution in [3.05, 3.63) is 30.3 Å². The topological polar surface area (TPSA) is 38.5 Å². The summed E-state index contributed by atoms with van der Waals surface area (Å²) in [6.07, 6.45) is 0. The first-order chi connectivity index (χ1) is 7.24. The number of halogens is 1. The predicted molar refractivity (Wildman–Crippen MR) is 70.3 cm³/mol. The van der Waals surface area contributed by atoms with Gasteiger partial charge in [0, 0.05) is 19.1 Å². The van der Waals surface area contributed by atoms with E-state index in [0.717, 1.165) is 12.3 Å². The average Bonchev–Trinajstić information content (AvgIpc) is 2.29. The van der Waals surface area contributed by atoms with Crippen LogP contribution < -0.4 is 10.5 Å². The van der Waals surface area contributed by atoms with Crippen molar-refractivity contribution in [1.29, 1.82) is 0 Å². The molecule has 0 bridgehead atoms. The Labute approximate surface area is 104 Å². The van der Waals surface area contributed by atoms with Gasteiger partial charge in [0.05, 0.1) is 0 Å². The highest BCUT2D eigenvalue weighted by atomic mass is 35.5. The number of rotatable bonds is 6. The van der Waals surface area contributed by atoms with E-state index in [1.807, 2.05) is 30.3 Å². The van der Waals surface area contributed by atoms with E-state index in [0.29, 0.717) is 19.2 Å². The van der Waals surface area contributed by atoms with E-state index in [9.17, 15) is 0 Å². The maximum atomic E-state index is 5.59. The van der Waals surface area contributed by atoms with E-state index in [4.69, 9.17) is 10.5 Å². The second-order valence-electron chi connectivity index (χ2n) is 3.73. The highest BCUT2D eigenvalue weighted by molar-refractivity contribution is 5.85. The average molecular weight is 245 g/mol. The SMILES string of the molecule is CC(CN)N(C)CCOc1ccccc1.Cl. The second-order valence-corrected chi connectivity index (χ2v) is 3.73. The lowest BCUT2D eigenvalue weighted by molar-refractivity contribution is 0.203. The highest BCUT2D eigenvalue weighted by Gasteiger charge is 2.05. The van der Waals surface area contributed by atoms with Crippen LogP contribution in [0.1, 0.15) is 6.92 Å². The van der Waals surface area contributed by atoms with Gasteiger partial charge in [-0.1, -0.05) is 18.2 Å². The van der Waals surface area contributed by atoms with Crippen LogP contribution >= 0.6 is 12.4 Å². The number of hydrogen-bond acceptors (Lipinski definition) is 3. The summed E-state index contributed by atoms with van der Waals surface area (Å²) in [7, 11) is 2.06. The van der Waals surface area contributed by atoms with Crippen LogP contribution in [0, 0.1) is 0 Å². The maximum absolute atomic E-state index is 5.59. The van der Waals surface area contributed by atoms with Crippen molar-refractivity contribution in [3.63, 3.8) is 0 Å². The Kier molecular flexibility index (Phi) is 7.99. The molecular formula is C12H21ClN2O. The van der Waals surface area contributed by atoms with E-state index < -0.39 is 0 Å². The minimum Gasteiger partial charge on any atom is -0.492 e. The first kappa shape index (κ1) is 15.2. The summed E-state index contributed by atoms with van der Waals surface area (Å²) < 4.78 is 5.59. The van der Waals surface area contributed by atoms with Crippen LogP contribution in [0.4, 0.5) is 0 Å². The van der Waals surface area contributed by atoms with Gasteiger partial charge >= 0.3 is 0 Å². The molecule has 2 N–H and O–H groups in total. The fourth-order valence-electron chi connectivity index (χ4n) is 1.22. The third kappa shape index (κ3) is 5.35. The number of likely N-dealkylation sites (N-methyl/N-ethyl adjacent to an activating group) is 1. The molecule has 92 valence electrons. The van der Waals surface area contributed by atoms with Gasteiger partial charge in [-0.25, -0.2) is 0 Å². The van der Waals surface area contributed by atoms with Gasteiger partial charge in [-0.3, -0.25) is 4.90 Å². The summed E-state index contributed by atoms with van der Waals surface area (Å²) in [5, 5.41) is 0. The lowest BCUT2D eigenvalue weighted by Crippen LogP contribution is -2.37. The van der Waals surface area contributed by atoms with Crippen molar-refractivity contribution in [2.24, 2.45) is 5.73 Å². The van der Waals surface area contributed by atoms with Crippen molar-refractivity contribution in [1.82, 2.24) is 4.90 Å². The molecule has 0 amide bonds. The molecule has 4 heteroatoms. The van der Waals surface area contributed by atoms with Crippen LogP contribution in [-0.2, 0) is 0 Å². The minimum atomic E-state index is 0. The monoisotopic (exact) mass is 244 g/mol. The number of nitrogens with two attached hydrogens (primary N) is 1. The van der Waals surface area contributed by atoms with Crippen LogP contribution in [-0.4, -0.2) is 37.7 Å². The lowest BCUT2D eigenvalue weighted by atomic mass is 10.3. The summed E-state index contributed by atoms with van der Waals surface area (Å²) in [5.74, 6) is 0.923. The minimum absolute atomic E-state index is 0. The van der Waals surface area contributed by atoms with Gasteiger partial charge in [-0.05, 0) is 26.1 Å². The van der Waals surface area contributed by atoms with Crippen molar-refractivity contribution in [2.45, 2.75) is 13.0 Å². The summed E-state index contributed by atoms with van der Waals surface area (Å²) in [4.78, 5) is 2.20. The number of ether oxygens (including phenoxy) is 1. The Morgan fingerprint density at radius 1 is 1.31 bits per heavy atom. The van der Waals surface area contributed by atoms with Crippen molar-refractivity contribution >= 4 is 12.4 Å². The molecule has 0 spiro atoms. The molecule has 0 saturated heterocycles. The van der Waals surface area contributed by atoms with E-state index >= 15 is 0 Å². The fraction of sp³-hybridized carbons (Fsp3) is 0.500. The van der Waals surface area contributed by atoms with Gasteiger partial charge in [0.2, 0.25) is 0 Å². The van der Waals surface area contributed by atoms with E-state index in [1.54, 1.807) is 0 Å². The van der Waals surface area contributed by atoms with Crippen molar-refractivity contribution < 1.29 is 4.74 Å². The predicted octanol–water partition coefficient (Wildman–Crippen LogP) is 1.77. The largest absolute Gasteiger partial charge is 0.492 e. The lowest BCUT2D eigenvalue weighted by Gasteiger charge is -2.23. The maximum Gasteiger partial charge on any atom is 0.119 e. The normalized spacial score (nSPS) is 12.0. The molecule has 1 aromatic carbocycles. The zero-order chi connectivity index (χ0) is 11.1. The van der Waals surface area contributed by atoms with E-state index in [-0.39, 0.29) is 12.4 Å². The Balaban J connectivity index is 0.00000225. The summed E-state index contributed by atoms with van der Waals surface area (Å²) in [5.41, 5.74) is 5.57. The quantitative estimate of drug-likeness (QED) is 0.829. The molecule has 0 aliphatic heterocycles. The van der Waals surface area contributed by atoms with Gasteiger partial charge in [-0.15, -0.1) is 12.4 Å². The van der Waals surface area contributed by atoms with Crippen LogP contribution in [0.3, 0.4) is 0 Å². The summed E-state index contributed by atoms with van der Waals surface area (Å²) in [6, 6.07) is 10.3. The molecule has 0 fully saturated rings. The molecule has 0 heterocycles. The van der Waals surface area contributed by atoms with Gasteiger partial charge in [0.15, 0.2) is 0 Å². The van der Waals surface area contributed by atoms with Gasteiger partial charge in [0.1, 0.15) is 12.4 Å². The molecular weight excluding hydrogens is 224 g/mol. The molecule has 0 aliphatic carbocycles. The Hall–Kier alpha value is -0.770. The molecule has 0 radical (unpaired) electrons. The van der Waals surface area contributed by atoms with Crippen molar-refractivity contribution in [3.8, 4) is 5.75 Å². The first-order valence-electron chi connectivity index (χ1n) is 5.32. The van der Waals surface area contributed by atoms with Crippen LogP contribution in [0.15, 0.2) is 30.3 Å². The molecule has 16 heavy (non-hydrogen) atoms. The van der Waals surface area contributed by atoms with Gasteiger partial charge in [-0.2, -0.15) is 0 Å². The number of nitrogens with zero attached hydrogens (tertiary/aromatic N) is 1. The first-order valence-corrected chi connectivity index (χ1v) is 5.32. The van der Waals surface area contributed by atoms with Gasteiger partial charge in [0.25, 0.3) is 0 Å². The standard InChI is InChI=1S/C12H20N2O.ClH/c1-11(10-13)14(2)8-9-15-12-6-4-3-5-7-12;/h3-7,11H,8-10,13H2,1-2H3;1H. The second kappa shape index (κ2) is 8.39. The van der Waals surface area contributed by atoms with Crippen LogP contribution in [0.25, 0.3) is 0 Å². The molecule has 0 aliphatic rings. The zero-order valence-corrected chi connectivity index (χ0v) is 10.7. The molecule has 1 unspecified atom stereocenters. The third-order valence-electron chi connectivity index (χ3n) is 2.55. The Bertz CT molecular complexity index is 269. The zero-order valence-electron chi connectivity index (χ0n) is 9.93.